The van der Waals surface area contributed by atoms with E-state index in [0.717, 1.165) is 4.88 Å². The fourth-order valence-corrected chi connectivity index (χ4v) is 5.31. The first-order chi connectivity index (χ1) is 10.1. The van der Waals surface area contributed by atoms with Gasteiger partial charge in [-0.3, -0.25) is 4.31 Å². The van der Waals surface area contributed by atoms with Gasteiger partial charge in [-0.25, -0.2) is 8.42 Å². The summed E-state index contributed by atoms with van der Waals surface area (Å²) in [6.45, 7) is 0.924. The first-order valence-corrected chi connectivity index (χ1v) is 9.31. The van der Waals surface area contributed by atoms with E-state index in [1.807, 2.05) is 12.1 Å². The topological polar surface area (TPSA) is 46.6 Å². The SMILES string of the molecule is O=S(=O)(c1ccc(CCl)s1)N1CCCOc2ccccc21. The van der Waals surface area contributed by atoms with Gasteiger partial charge in [-0.05, 0) is 24.3 Å². The molecule has 0 spiro atoms. The van der Waals surface area contributed by atoms with E-state index in [9.17, 15) is 8.42 Å². The van der Waals surface area contributed by atoms with Crippen molar-refractivity contribution in [3.05, 3.63) is 41.3 Å². The van der Waals surface area contributed by atoms with E-state index in [4.69, 9.17) is 16.3 Å². The molecule has 112 valence electrons. The summed E-state index contributed by atoms with van der Waals surface area (Å²) in [5.74, 6) is 0.924. The Morgan fingerprint density at radius 2 is 2.05 bits per heavy atom. The molecule has 0 bridgehead atoms. The predicted molar refractivity (Wildman–Crippen MR) is 85.0 cm³/mol. The van der Waals surface area contributed by atoms with Crippen LogP contribution in [0.3, 0.4) is 0 Å². The lowest BCUT2D eigenvalue weighted by Crippen LogP contribution is -2.31. The number of hydrogen-bond acceptors (Lipinski definition) is 4. The van der Waals surface area contributed by atoms with Crippen LogP contribution < -0.4 is 9.04 Å². The molecular formula is C14H14ClNO3S2. The Morgan fingerprint density at radius 1 is 1.24 bits per heavy atom. The number of fused-ring (bicyclic) bond motifs is 1. The lowest BCUT2D eigenvalue weighted by atomic mass is 10.3. The third-order valence-electron chi connectivity index (χ3n) is 3.21. The highest BCUT2D eigenvalue weighted by Crippen LogP contribution is 2.36. The lowest BCUT2D eigenvalue weighted by Gasteiger charge is -2.22. The Kier molecular flexibility index (Phi) is 4.10. The number of thiophene rings is 1. The fraction of sp³-hybridized carbons (Fsp3) is 0.286. The first kappa shape index (κ1) is 14.7. The van der Waals surface area contributed by atoms with E-state index in [1.165, 1.54) is 15.6 Å². The minimum Gasteiger partial charge on any atom is -0.491 e. The van der Waals surface area contributed by atoms with Gasteiger partial charge in [0, 0.05) is 17.8 Å². The zero-order chi connectivity index (χ0) is 14.9. The van der Waals surface area contributed by atoms with E-state index in [-0.39, 0.29) is 0 Å². The van der Waals surface area contributed by atoms with Crippen molar-refractivity contribution in [1.82, 2.24) is 0 Å². The summed E-state index contributed by atoms with van der Waals surface area (Å²) in [7, 11) is -3.57. The number of sulfonamides is 1. The number of ether oxygens (including phenoxy) is 1. The molecule has 0 N–H and O–H groups in total. The zero-order valence-electron chi connectivity index (χ0n) is 11.2. The maximum Gasteiger partial charge on any atom is 0.273 e. The molecule has 1 aliphatic rings. The number of alkyl halides is 1. The van der Waals surface area contributed by atoms with E-state index in [1.54, 1.807) is 24.3 Å². The molecule has 2 heterocycles. The second-order valence-electron chi connectivity index (χ2n) is 4.60. The normalized spacial score (nSPS) is 15.2. The first-order valence-electron chi connectivity index (χ1n) is 6.52. The Morgan fingerprint density at radius 3 is 2.81 bits per heavy atom. The third kappa shape index (κ3) is 2.75. The number of rotatable bonds is 3. The van der Waals surface area contributed by atoms with Crippen LogP contribution in [-0.2, 0) is 15.9 Å². The third-order valence-corrected chi connectivity index (χ3v) is 7.02. The molecule has 0 saturated heterocycles. The molecule has 7 heteroatoms. The Hall–Kier alpha value is -1.24. The molecule has 0 radical (unpaired) electrons. The van der Waals surface area contributed by atoms with Crippen molar-refractivity contribution in [1.29, 1.82) is 0 Å². The number of halogens is 1. The van der Waals surface area contributed by atoms with Crippen molar-refractivity contribution >= 4 is 38.6 Å². The molecule has 2 aromatic rings. The molecule has 1 aliphatic heterocycles. The molecule has 0 unspecified atom stereocenters. The Bertz CT molecular complexity index is 742. The summed E-state index contributed by atoms with van der Waals surface area (Å²) < 4.78 is 33.1. The van der Waals surface area contributed by atoms with E-state index in [2.05, 4.69) is 0 Å². The summed E-state index contributed by atoms with van der Waals surface area (Å²) in [5, 5.41) is 0. The molecule has 0 amide bonds. The molecule has 4 nitrogen and oxygen atoms in total. The molecule has 0 fully saturated rings. The van der Waals surface area contributed by atoms with E-state index in [0.29, 0.717) is 41.1 Å². The van der Waals surface area contributed by atoms with Crippen molar-refractivity contribution in [3.8, 4) is 5.75 Å². The molecule has 0 aliphatic carbocycles. The number of benzene rings is 1. The molecule has 1 aromatic heterocycles. The standard InChI is InChI=1S/C14H14ClNO3S2/c15-10-11-6-7-14(20-11)21(17,18)16-8-3-9-19-13-5-2-1-4-12(13)16/h1-2,4-7H,3,8-10H2. The minimum atomic E-state index is -3.57. The van der Waals surface area contributed by atoms with Crippen molar-refractivity contribution in [2.24, 2.45) is 0 Å². The smallest absolute Gasteiger partial charge is 0.273 e. The highest BCUT2D eigenvalue weighted by Gasteiger charge is 2.29. The van der Waals surface area contributed by atoms with Gasteiger partial charge in [0.1, 0.15) is 9.96 Å². The van der Waals surface area contributed by atoms with Gasteiger partial charge in [0.05, 0.1) is 18.2 Å². The monoisotopic (exact) mass is 343 g/mol. The highest BCUT2D eigenvalue weighted by molar-refractivity contribution is 7.94. The number of hydrogen-bond donors (Lipinski definition) is 0. The largest absolute Gasteiger partial charge is 0.491 e. The van der Waals surface area contributed by atoms with Crippen molar-refractivity contribution in [2.45, 2.75) is 16.5 Å². The summed E-state index contributed by atoms with van der Waals surface area (Å²) in [5.41, 5.74) is 0.593. The van der Waals surface area contributed by atoms with Crippen molar-refractivity contribution < 1.29 is 13.2 Å². The molecule has 3 rings (SSSR count). The second-order valence-corrected chi connectivity index (χ2v) is 8.13. The van der Waals surface area contributed by atoms with Crippen molar-refractivity contribution in [2.75, 3.05) is 17.5 Å². The van der Waals surface area contributed by atoms with Gasteiger partial charge in [0.2, 0.25) is 0 Å². The van der Waals surface area contributed by atoms with Crippen LogP contribution in [0.25, 0.3) is 0 Å². The van der Waals surface area contributed by atoms with E-state index >= 15 is 0 Å². The van der Waals surface area contributed by atoms with Gasteiger partial charge >= 0.3 is 0 Å². The van der Waals surface area contributed by atoms with Crippen LogP contribution >= 0.6 is 22.9 Å². The summed E-state index contributed by atoms with van der Waals surface area (Å²) in [6, 6.07) is 10.6. The molecule has 0 atom stereocenters. The predicted octanol–water partition coefficient (Wildman–Crippen LogP) is 3.46. The second kappa shape index (κ2) is 5.87. The van der Waals surface area contributed by atoms with Crippen LogP contribution in [-0.4, -0.2) is 21.6 Å². The lowest BCUT2D eigenvalue weighted by molar-refractivity contribution is 0.322. The number of anilines is 1. The quantitative estimate of drug-likeness (QED) is 0.802. The molecular weight excluding hydrogens is 330 g/mol. The van der Waals surface area contributed by atoms with Crippen molar-refractivity contribution in [3.63, 3.8) is 0 Å². The summed E-state index contributed by atoms with van der Waals surface area (Å²) in [6.07, 6.45) is 0.654. The fourth-order valence-electron chi connectivity index (χ4n) is 2.22. The summed E-state index contributed by atoms with van der Waals surface area (Å²) in [4.78, 5) is 0.842. The van der Waals surface area contributed by atoms with Gasteiger partial charge < -0.3 is 4.74 Å². The number of para-hydroxylation sites is 2. The maximum atomic E-state index is 12.9. The van der Waals surface area contributed by atoms with Gasteiger partial charge in [0.25, 0.3) is 10.0 Å². The average Bonchev–Trinajstić information content (AvgIpc) is 2.87. The Labute approximate surface area is 133 Å². The van der Waals surface area contributed by atoms with Crippen LogP contribution in [0.1, 0.15) is 11.3 Å². The van der Waals surface area contributed by atoms with Crippen LogP contribution in [0.4, 0.5) is 5.69 Å². The van der Waals surface area contributed by atoms with Gasteiger partial charge in [0.15, 0.2) is 0 Å². The summed E-state index contributed by atoms with van der Waals surface area (Å²) >= 11 is 6.98. The van der Waals surface area contributed by atoms with Crippen LogP contribution in [0.2, 0.25) is 0 Å². The van der Waals surface area contributed by atoms with E-state index < -0.39 is 10.0 Å². The zero-order valence-corrected chi connectivity index (χ0v) is 13.5. The van der Waals surface area contributed by atoms with Crippen LogP contribution in [0.5, 0.6) is 5.75 Å². The van der Waals surface area contributed by atoms with Gasteiger partial charge in [-0.15, -0.1) is 22.9 Å². The Balaban J connectivity index is 2.06. The van der Waals surface area contributed by atoms with Gasteiger partial charge in [-0.2, -0.15) is 0 Å². The number of nitrogens with zero attached hydrogens (tertiary/aromatic N) is 1. The minimum absolute atomic E-state index is 0.315. The van der Waals surface area contributed by atoms with Crippen LogP contribution in [0, 0.1) is 0 Å². The maximum absolute atomic E-state index is 12.9. The molecule has 1 aromatic carbocycles. The van der Waals surface area contributed by atoms with Gasteiger partial charge in [-0.1, -0.05) is 12.1 Å². The average molecular weight is 344 g/mol. The highest BCUT2D eigenvalue weighted by atomic mass is 35.5. The molecule has 21 heavy (non-hydrogen) atoms. The molecule has 0 saturated carbocycles. The van der Waals surface area contributed by atoms with Crippen LogP contribution in [0.15, 0.2) is 40.6 Å².